The second-order valence-corrected chi connectivity index (χ2v) is 6.82. The molecule has 0 bridgehead atoms. The summed E-state index contributed by atoms with van der Waals surface area (Å²) in [5.74, 6) is -0.295. The third kappa shape index (κ3) is 4.47. The zero-order chi connectivity index (χ0) is 18.7. The molecule has 1 atom stereocenters. The molecule has 0 aliphatic rings. The van der Waals surface area contributed by atoms with Crippen molar-refractivity contribution in [3.05, 3.63) is 17.0 Å². The molecule has 0 unspecified atom stereocenters. The minimum atomic E-state index is -0.846. The first-order valence-corrected chi connectivity index (χ1v) is 9.22. The van der Waals surface area contributed by atoms with Gasteiger partial charge in [-0.3, -0.25) is 9.59 Å². The Morgan fingerprint density at radius 1 is 1.24 bits per heavy atom. The fraction of sp³-hybridized carbons (Fsp3) is 0.562. The molecule has 1 amide bonds. The van der Waals surface area contributed by atoms with Gasteiger partial charge in [-0.15, -0.1) is 5.10 Å². The molecule has 0 aromatic carbocycles. The monoisotopic (exact) mass is 365 g/mol. The van der Waals surface area contributed by atoms with Crippen molar-refractivity contribution in [2.75, 3.05) is 6.26 Å². The molecule has 0 saturated heterocycles. The van der Waals surface area contributed by atoms with E-state index in [9.17, 15) is 9.59 Å². The number of hydrogen-bond donors (Lipinski definition) is 1. The molecule has 0 fully saturated rings. The number of aryl methyl sites for hydroxylation is 2. The molecular weight excluding hydrogens is 342 g/mol. The zero-order valence-electron chi connectivity index (χ0n) is 15.3. The van der Waals surface area contributed by atoms with E-state index >= 15 is 0 Å². The Morgan fingerprint density at radius 3 is 2.52 bits per heavy atom. The standard InChI is InChI=1S/C16H23N5O3S/c1-8(2)17-14(23)11(5)24-13(22)7-12-9(3)18-15-19-16(25-6)20-21(15)10(12)4/h8,11H,7H2,1-6H3,(H,17,23)/t11-/m0/s1. The number of thioether (sulfide) groups is 1. The molecule has 0 radical (unpaired) electrons. The quantitative estimate of drug-likeness (QED) is 0.611. The lowest BCUT2D eigenvalue weighted by Gasteiger charge is -2.16. The van der Waals surface area contributed by atoms with Crippen LogP contribution in [0.1, 0.15) is 37.7 Å². The number of fused-ring (bicyclic) bond motifs is 1. The summed E-state index contributed by atoms with van der Waals surface area (Å²) in [5, 5.41) is 7.69. The normalized spacial score (nSPS) is 12.4. The molecular formula is C16H23N5O3S. The van der Waals surface area contributed by atoms with E-state index in [1.165, 1.54) is 11.8 Å². The molecule has 136 valence electrons. The van der Waals surface area contributed by atoms with Crippen LogP contribution < -0.4 is 5.32 Å². The number of ether oxygens (including phenoxy) is 1. The Kier molecular flexibility index (Phi) is 5.99. The number of rotatable bonds is 6. The maximum absolute atomic E-state index is 12.2. The van der Waals surface area contributed by atoms with Gasteiger partial charge >= 0.3 is 5.97 Å². The van der Waals surface area contributed by atoms with Gasteiger partial charge < -0.3 is 10.1 Å². The number of hydrogen-bond acceptors (Lipinski definition) is 7. The third-order valence-corrected chi connectivity index (χ3v) is 4.18. The first-order chi connectivity index (χ1) is 11.7. The minimum absolute atomic E-state index is 0.0114. The molecule has 2 aromatic rings. The van der Waals surface area contributed by atoms with Crippen LogP contribution in [0.3, 0.4) is 0 Å². The molecule has 0 spiro atoms. The van der Waals surface area contributed by atoms with Crippen molar-refractivity contribution in [3.8, 4) is 0 Å². The fourth-order valence-electron chi connectivity index (χ4n) is 2.37. The Bertz CT molecular complexity index is 803. The van der Waals surface area contributed by atoms with Gasteiger partial charge in [-0.2, -0.15) is 4.98 Å². The maximum atomic E-state index is 12.2. The smallest absolute Gasteiger partial charge is 0.311 e. The first kappa shape index (κ1) is 19.2. The van der Waals surface area contributed by atoms with Crippen molar-refractivity contribution < 1.29 is 14.3 Å². The molecule has 1 N–H and O–H groups in total. The van der Waals surface area contributed by atoms with Crippen LogP contribution in [0.2, 0.25) is 0 Å². The maximum Gasteiger partial charge on any atom is 0.311 e. The second-order valence-electron chi connectivity index (χ2n) is 6.04. The number of aromatic nitrogens is 4. The molecule has 25 heavy (non-hydrogen) atoms. The summed E-state index contributed by atoms with van der Waals surface area (Å²) in [4.78, 5) is 32.8. The summed E-state index contributed by atoms with van der Waals surface area (Å²) in [5.41, 5.74) is 2.21. The summed E-state index contributed by atoms with van der Waals surface area (Å²) >= 11 is 1.43. The number of carbonyl (C=O) groups excluding carboxylic acids is 2. The molecule has 9 heteroatoms. The van der Waals surface area contributed by atoms with Crippen LogP contribution in [-0.2, 0) is 20.7 Å². The molecule has 2 heterocycles. The molecule has 2 aromatic heterocycles. The van der Waals surface area contributed by atoms with E-state index < -0.39 is 12.1 Å². The van der Waals surface area contributed by atoms with E-state index in [-0.39, 0.29) is 18.4 Å². The molecule has 0 aliphatic carbocycles. The van der Waals surface area contributed by atoms with Gasteiger partial charge in [0.15, 0.2) is 6.10 Å². The zero-order valence-corrected chi connectivity index (χ0v) is 16.1. The van der Waals surface area contributed by atoms with Crippen molar-refractivity contribution in [3.63, 3.8) is 0 Å². The van der Waals surface area contributed by atoms with Gasteiger partial charge in [0.1, 0.15) is 0 Å². The van der Waals surface area contributed by atoms with Crippen LogP contribution in [-0.4, -0.2) is 49.9 Å². The van der Waals surface area contributed by atoms with Gasteiger partial charge in [0.2, 0.25) is 5.16 Å². The van der Waals surface area contributed by atoms with E-state index in [1.807, 2.05) is 34.0 Å². The summed E-state index contributed by atoms with van der Waals surface area (Å²) in [6.45, 7) is 8.93. The van der Waals surface area contributed by atoms with E-state index in [0.29, 0.717) is 16.6 Å². The van der Waals surface area contributed by atoms with Crippen molar-refractivity contribution in [2.24, 2.45) is 0 Å². The Morgan fingerprint density at radius 2 is 1.92 bits per heavy atom. The first-order valence-electron chi connectivity index (χ1n) is 7.99. The number of nitrogens with zero attached hydrogens (tertiary/aromatic N) is 4. The summed E-state index contributed by atoms with van der Waals surface area (Å²) in [7, 11) is 0. The molecule has 0 aliphatic heterocycles. The van der Waals surface area contributed by atoms with E-state index in [2.05, 4.69) is 20.4 Å². The van der Waals surface area contributed by atoms with E-state index in [1.54, 1.807) is 11.4 Å². The van der Waals surface area contributed by atoms with Gasteiger partial charge in [0.05, 0.1) is 6.42 Å². The van der Waals surface area contributed by atoms with Crippen LogP contribution in [0.5, 0.6) is 0 Å². The SMILES string of the molecule is CSc1nc2nc(C)c(CC(=O)O[C@@H](C)C(=O)NC(C)C)c(C)n2n1. The van der Waals surface area contributed by atoms with Crippen molar-refractivity contribution in [2.45, 2.75) is 58.3 Å². The summed E-state index contributed by atoms with van der Waals surface area (Å²) in [6.07, 6.45) is 1.06. The average molecular weight is 365 g/mol. The second kappa shape index (κ2) is 7.81. The van der Waals surface area contributed by atoms with Gasteiger partial charge in [0, 0.05) is 23.0 Å². The van der Waals surface area contributed by atoms with E-state index in [0.717, 1.165) is 11.3 Å². The molecule has 2 rings (SSSR count). The molecule has 8 nitrogen and oxygen atoms in total. The molecule has 0 saturated carbocycles. The van der Waals surface area contributed by atoms with Gasteiger partial charge in [-0.25, -0.2) is 9.50 Å². The topological polar surface area (TPSA) is 98.5 Å². The highest BCUT2D eigenvalue weighted by atomic mass is 32.2. The predicted molar refractivity (Wildman–Crippen MR) is 94.6 cm³/mol. The lowest BCUT2D eigenvalue weighted by Crippen LogP contribution is -2.39. The number of esters is 1. The fourth-order valence-corrected chi connectivity index (χ4v) is 2.71. The third-order valence-electron chi connectivity index (χ3n) is 3.64. The Labute approximate surface area is 150 Å². The van der Waals surface area contributed by atoms with Gasteiger partial charge in [-0.05, 0) is 40.9 Å². The van der Waals surface area contributed by atoms with Gasteiger partial charge in [-0.1, -0.05) is 11.8 Å². The average Bonchev–Trinajstić information content (AvgIpc) is 2.93. The number of nitrogens with one attached hydrogen (secondary N) is 1. The van der Waals surface area contributed by atoms with Crippen molar-refractivity contribution in [1.82, 2.24) is 24.9 Å². The van der Waals surface area contributed by atoms with Gasteiger partial charge in [0.25, 0.3) is 11.7 Å². The largest absolute Gasteiger partial charge is 0.452 e. The summed E-state index contributed by atoms with van der Waals surface area (Å²) in [6, 6.07) is -0.0114. The highest BCUT2D eigenvalue weighted by Gasteiger charge is 2.21. The lowest BCUT2D eigenvalue weighted by atomic mass is 10.1. The Balaban J connectivity index is 2.16. The van der Waals surface area contributed by atoms with E-state index in [4.69, 9.17) is 4.74 Å². The van der Waals surface area contributed by atoms with Crippen molar-refractivity contribution >= 4 is 29.4 Å². The lowest BCUT2D eigenvalue weighted by molar-refractivity contribution is -0.154. The van der Waals surface area contributed by atoms with Crippen LogP contribution in [0.15, 0.2) is 5.16 Å². The van der Waals surface area contributed by atoms with Crippen LogP contribution in [0.25, 0.3) is 5.78 Å². The number of carbonyl (C=O) groups is 2. The highest BCUT2D eigenvalue weighted by molar-refractivity contribution is 7.98. The van der Waals surface area contributed by atoms with Crippen LogP contribution in [0.4, 0.5) is 0 Å². The van der Waals surface area contributed by atoms with Crippen LogP contribution in [0, 0.1) is 13.8 Å². The summed E-state index contributed by atoms with van der Waals surface area (Å²) < 4.78 is 6.86. The van der Waals surface area contributed by atoms with Crippen LogP contribution >= 0.6 is 11.8 Å². The van der Waals surface area contributed by atoms with Crippen molar-refractivity contribution in [1.29, 1.82) is 0 Å². The number of amides is 1. The highest BCUT2D eigenvalue weighted by Crippen LogP contribution is 2.17. The predicted octanol–water partition coefficient (Wildman–Crippen LogP) is 1.46. The minimum Gasteiger partial charge on any atom is -0.452 e. The Hall–Kier alpha value is -2.16.